The summed E-state index contributed by atoms with van der Waals surface area (Å²) in [5.74, 6) is 0. The monoisotopic (exact) mass is 354 g/mol. The minimum absolute atomic E-state index is 0.426. The van der Waals surface area contributed by atoms with Gasteiger partial charge in [0.1, 0.15) is 0 Å². The van der Waals surface area contributed by atoms with E-state index in [1.165, 1.54) is 16.7 Å². The van der Waals surface area contributed by atoms with Gasteiger partial charge in [-0.2, -0.15) is 0 Å². The molecule has 0 bridgehead atoms. The Morgan fingerprint density at radius 2 is 1.52 bits per heavy atom. The van der Waals surface area contributed by atoms with Gasteiger partial charge in [0.2, 0.25) is 0 Å². The first-order valence-electron chi connectivity index (χ1n) is 9.55. The average Bonchev–Trinajstić information content (AvgIpc) is 2.98. The summed E-state index contributed by atoms with van der Waals surface area (Å²) in [5, 5.41) is 0. The van der Waals surface area contributed by atoms with E-state index in [1.54, 1.807) is 0 Å². The van der Waals surface area contributed by atoms with Crippen LogP contribution >= 0.6 is 0 Å². The summed E-state index contributed by atoms with van der Waals surface area (Å²) in [6.07, 6.45) is 17.8. The molecule has 1 aliphatic rings. The molecule has 0 saturated carbocycles. The van der Waals surface area contributed by atoms with E-state index in [0.717, 1.165) is 23.1 Å². The van der Waals surface area contributed by atoms with Crippen molar-refractivity contribution in [1.82, 2.24) is 0 Å². The molecular weight excluding hydrogens is 324 g/mol. The topological polar surface area (TPSA) is 0 Å². The van der Waals surface area contributed by atoms with Crippen molar-refractivity contribution in [1.29, 1.82) is 0 Å². The molecule has 0 N–H and O–H groups in total. The van der Waals surface area contributed by atoms with E-state index >= 15 is 0 Å². The zero-order chi connectivity index (χ0) is 19.9. The zero-order valence-corrected chi connectivity index (χ0v) is 16.8. The van der Waals surface area contributed by atoms with E-state index < -0.39 is 5.41 Å². The third kappa shape index (κ3) is 3.28. The molecule has 0 amide bonds. The number of benzene rings is 1. The van der Waals surface area contributed by atoms with Crippen LogP contribution in [0.2, 0.25) is 0 Å². The van der Waals surface area contributed by atoms with Crippen molar-refractivity contribution in [3.8, 4) is 0 Å². The first-order valence-corrected chi connectivity index (χ1v) is 9.55. The quantitative estimate of drug-likeness (QED) is 0.422. The maximum absolute atomic E-state index is 4.19. The summed E-state index contributed by atoms with van der Waals surface area (Å²) < 4.78 is 0. The van der Waals surface area contributed by atoms with E-state index in [4.69, 9.17) is 0 Å². The summed E-state index contributed by atoms with van der Waals surface area (Å²) >= 11 is 0. The molecule has 138 valence electrons. The second kappa shape index (κ2) is 9.19. The Kier molecular flexibility index (Phi) is 6.96. The minimum Gasteiger partial charge on any atom is -0.0987 e. The van der Waals surface area contributed by atoms with Gasteiger partial charge in [-0.15, -0.1) is 0 Å². The van der Waals surface area contributed by atoms with Crippen molar-refractivity contribution in [3.05, 3.63) is 132 Å². The van der Waals surface area contributed by atoms with E-state index in [2.05, 4.69) is 101 Å². The molecule has 1 aromatic carbocycles. The van der Waals surface area contributed by atoms with Crippen LogP contribution in [0, 0.1) is 0 Å². The van der Waals surface area contributed by atoms with Crippen LogP contribution < -0.4 is 0 Å². The van der Waals surface area contributed by atoms with Gasteiger partial charge in [0, 0.05) is 0 Å². The fourth-order valence-corrected chi connectivity index (χ4v) is 4.15. The largest absolute Gasteiger partial charge is 0.0987 e. The van der Waals surface area contributed by atoms with Gasteiger partial charge >= 0.3 is 0 Å². The van der Waals surface area contributed by atoms with Crippen LogP contribution in [0.1, 0.15) is 32.8 Å². The molecule has 0 saturated heterocycles. The third-order valence-corrected chi connectivity index (χ3v) is 5.03. The number of allylic oxidation sites excluding steroid dienone is 13. The van der Waals surface area contributed by atoms with Gasteiger partial charge in [-0.3, -0.25) is 0 Å². The molecule has 0 fully saturated rings. The van der Waals surface area contributed by atoms with Crippen LogP contribution in [0.4, 0.5) is 0 Å². The lowest BCUT2D eigenvalue weighted by molar-refractivity contribution is 0.748. The van der Waals surface area contributed by atoms with Gasteiger partial charge in [-0.1, -0.05) is 106 Å². The van der Waals surface area contributed by atoms with Crippen LogP contribution in [-0.4, -0.2) is 0 Å². The third-order valence-electron chi connectivity index (χ3n) is 5.03. The minimum atomic E-state index is -0.426. The molecule has 27 heavy (non-hydrogen) atoms. The van der Waals surface area contributed by atoms with E-state index in [0.29, 0.717) is 0 Å². The highest BCUT2D eigenvalue weighted by Crippen LogP contribution is 2.55. The predicted octanol–water partition coefficient (Wildman–Crippen LogP) is 7.58. The maximum Gasteiger partial charge on any atom is 0.0710 e. The van der Waals surface area contributed by atoms with E-state index in [9.17, 15) is 0 Å². The first kappa shape index (κ1) is 20.5. The smallest absolute Gasteiger partial charge is 0.0710 e. The van der Waals surface area contributed by atoms with Gasteiger partial charge in [0.15, 0.2) is 0 Å². The summed E-state index contributed by atoms with van der Waals surface area (Å²) in [6, 6.07) is 10.7. The Morgan fingerprint density at radius 3 is 2.00 bits per heavy atom. The Bertz CT molecular complexity index is 866. The molecule has 0 spiro atoms. The molecule has 0 nitrogen and oxygen atoms in total. The van der Waals surface area contributed by atoms with Crippen molar-refractivity contribution in [2.75, 3.05) is 0 Å². The summed E-state index contributed by atoms with van der Waals surface area (Å²) in [6.45, 7) is 18.7. The van der Waals surface area contributed by atoms with Crippen LogP contribution in [0.3, 0.4) is 0 Å². The fraction of sp³-hybridized carbons (Fsp3) is 0.185. The molecule has 0 heteroatoms. The molecule has 1 aromatic rings. The van der Waals surface area contributed by atoms with Crippen LogP contribution in [0.25, 0.3) is 0 Å². The van der Waals surface area contributed by atoms with Gasteiger partial charge in [0.25, 0.3) is 0 Å². The predicted molar refractivity (Wildman–Crippen MR) is 121 cm³/mol. The lowest BCUT2D eigenvalue weighted by Crippen LogP contribution is -2.30. The lowest BCUT2D eigenvalue weighted by Gasteiger charge is -2.36. The highest BCUT2D eigenvalue weighted by atomic mass is 14.5. The van der Waals surface area contributed by atoms with Crippen molar-refractivity contribution in [2.24, 2.45) is 0 Å². The number of hydrogen-bond donors (Lipinski definition) is 0. The van der Waals surface area contributed by atoms with Crippen LogP contribution in [0.5, 0.6) is 0 Å². The molecule has 0 heterocycles. The average molecular weight is 355 g/mol. The Balaban J connectivity index is 3.13. The van der Waals surface area contributed by atoms with Gasteiger partial charge in [-0.05, 0) is 53.7 Å². The molecule has 0 radical (unpaired) electrons. The highest BCUT2D eigenvalue weighted by Gasteiger charge is 2.46. The van der Waals surface area contributed by atoms with Crippen molar-refractivity contribution >= 4 is 0 Å². The van der Waals surface area contributed by atoms with Crippen molar-refractivity contribution < 1.29 is 0 Å². The van der Waals surface area contributed by atoms with Gasteiger partial charge < -0.3 is 0 Å². The Hall–Kier alpha value is -2.86. The zero-order valence-electron chi connectivity index (χ0n) is 16.8. The molecule has 1 unspecified atom stereocenters. The molecule has 0 aromatic heterocycles. The maximum atomic E-state index is 4.19. The number of rotatable bonds is 8. The second-order valence-electron chi connectivity index (χ2n) is 6.45. The SMILES string of the molecule is C=CC1=C(C=C)C(C(/C=C\C)=C/CC)(c2ccccc2)C(/C=C\C)=C1C=C. The fourth-order valence-electron chi connectivity index (χ4n) is 4.15. The summed E-state index contributed by atoms with van der Waals surface area (Å²) in [4.78, 5) is 0. The molecule has 1 atom stereocenters. The van der Waals surface area contributed by atoms with Crippen LogP contribution in [0.15, 0.2) is 127 Å². The normalized spacial score (nSPS) is 20.8. The van der Waals surface area contributed by atoms with E-state index in [1.807, 2.05) is 18.2 Å². The molecule has 1 aliphatic carbocycles. The standard InChI is InChI=1S/C27H30/c1-7-16-21(17-8-2)27(22-19-14-13-15-20-22)25(12-6)23(10-4)24(11-5)26(27)18-9-3/h7,9-20H,4-6,8H2,1-3H3/b16-7-,18-9-,21-17+. The van der Waals surface area contributed by atoms with Gasteiger partial charge in [-0.25, -0.2) is 0 Å². The first-order chi connectivity index (χ1) is 13.2. The van der Waals surface area contributed by atoms with E-state index in [-0.39, 0.29) is 0 Å². The lowest BCUT2D eigenvalue weighted by atomic mass is 9.65. The van der Waals surface area contributed by atoms with Crippen molar-refractivity contribution in [2.45, 2.75) is 32.6 Å². The Labute approximate surface area is 165 Å². The summed E-state index contributed by atoms with van der Waals surface area (Å²) in [7, 11) is 0. The number of hydrogen-bond acceptors (Lipinski definition) is 0. The second-order valence-corrected chi connectivity index (χ2v) is 6.45. The Morgan fingerprint density at radius 1 is 0.889 bits per heavy atom. The van der Waals surface area contributed by atoms with Gasteiger partial charge in [0.05, 0.1) is 5.41 Å². The molecule has 2 rings (SSSR count). The van der Waals surface area contributed by atoms with Crippen LogP contribution in [-0.2, 0) is 5.41 Å². The highest BCUT2D eigenvalue weighted by molar-refractivity contribution is 5.77. The molecule has 0 aliphatic heterocycles. The van der Waals surface area contributed by atoms with Crippen molar-refractivity contribution in [3.63, 3.8) is 0 Å². The molecular formula is C27H30. The summed E-state index contributed by atoms with van der Waals surface area (Å²) in [5.41, 5.74) is 6.64.